The van der Waals surface area contributed by atoms with Crippen LogP contribution in [0.2, 0.25) is 0 Å². The van der Waals surface area contributed by atoms with Gasteiger partial charge in [0.15, 0.2) is 5.71 Å². The lowest BCUT2D eigenvalue weighted by molar-refractivity contribution is -0.438. The molecule has 0 fully saturated rings. The summed E-state index contributed by atoms with van der Waals surface area (Å²) in [6.45, 7) is 16.2. The molecule has 46 heavy (non-hydrogen) atoms. The summed E-state index contributed by atoms with van der Waals surface area (Å²) in [7, 11) is 0. The second-order valence-electron chi connectivity index (χ2n) is 13.1. The lowest BCUT2D eigenvalue weighted by Gasteiger charge is -2.32. The lowest BCUT2D eigenvalue weighted by Crippen LogP contribution is -3.00. The van der Waals surface area contributed by atoms with Gasteiger partial charge in [-0.25, -0.2) is 0 Å². The zero-order valence-electron chi connectivity index (χ0n) is 29.8. The minimum absolute atomic E-state index is 0. The van der Waals surface area contributed by atoms with E-state index in [2.05, 4.69) is 142 Å². The Kier molecular flexibility index (Phi) is 15.6. The number of unbranched alkanes of at least 4 members (excludes halogenated alkanes) is 6. The summed E-state index contributed by atoms with van der Waals surface area (Å²) in [6.07, 6.45) is 30.7. The Labute approximate surface area is 299 Å². The summed E-state index contributed by atoms with van der Waals surface area (Å²) >= 11 is 0. The zero-order chi connectivity index (χ0) is 32.1. The van der Waals surface area contributed by atoms with E-state index in [-0.39, 0.29) is 34.8 Å². The second kappa shape index (κ2) is 18.8. The van der Waals surface area contributed by atoms with Crippen LogP contribution in [0, 0.1) is 0 Å². The fourth-order valence-electron chi connectivity index (χ4n) is 8.13. The molecule has 250 valence electrons. The Bertz CT molecular complexity index is 1380. The average Bonchev–Trinajstić information content (AvgIpc) is 3.50. The fraction of sp³-hybridized carbons (Fsp3) is 0.512. The molecular weight excluding hydrogens is 671 g/mol. The van der Waals surface area contributed by atoms with Crippen molar-refractivity contribution >= 4 is 17.1 Å². The Balaban J connectivity index is 0.00000576. The van der Waals surface area contributed by atoms with E-state index in [1.54, 1.807) is 0 Å². The molecule has 2 aromatic carbocycles. The third kappa shape index (κ3) is 7.83. The van der Waals surface area contributed by atoms with E-state index in [9.17, 15) is 0 Å². The van der Waals surface area contributed by atoms with Crippen LogP contribution in [0.25, 0.3) is 0 Å². The SMILES string of the molecule is CCCCCCN1\C(=C/C=C/C=C/C=C/C2=[N+](CCCCCC)c3ccccc3C2(CC)CC)C(CC)(CC)c2ccccc21.[I-]. The van der Waals surface area contributed by atoms with Crippen LogP contribution in [0.1, 0.15) is 130 Å². The minimum atomic E-state index is 0. The van der Waals surface area contributed by atoms with Crippen molar-refractivity contribution < 1.29 is 28.6 Å². The number of hydrogen-bond donors (Lipinski definition) is 0. The number of halogens is 1. The molecule has 2 heterocycles. The molecule has 2 aliphatic rings. The van der Waals surface area contributed by atoms with Crippen molar-refractivity contribution in [2.45, 2.75) is 129 Å². The number of para-hydroxylation sites is 2. The molecule has 2 aliphatic heterocycles. The largest absolute Gasteiger partial charge is 1.00 e. The Morgan fingerprint density at radius 2 is 1.20 bits per heavy atom. The molecule has 0 N–H and O–H groups in total. The topological polar surface area (TPSA) is 6.25 Å². The number of anilines is 1. The third-order valence-corrected chi connectivity index (χ3v) is 10.8. The van der Waals surface area contributed by atoms with Gasteiger partial charge >= 0.3 is 0 Å². The fourth-order valence-corrected chi connectivity index (χ4v) is 8.13. The molecule has 0 radical (unpaired) electrons. The molecule has 0 saturated heterocycles. The van der Waals surface area contributed by atoms with Crippen LogP contribution >= 0.6 is 0 Å². The second-order valence-corrected chi connectivity index (χ2v) is 13.1. The smallest absolute Gasteiger partial charge is 0.209 e. The van der Waals surface area contributed by atoms with E-state index < -0.39 is 0 Å². The van der Waals surface area contributed by atoms with Crippen molar-refractivity contribution in [3.8, 4) is 0 Å². The number of rotatable bonds is 18. The molecule has 2 nitrogen and oxygen atoms in total. The zero-order valence-corrected chi connectivity index (χ0v) is 32.0. The quantitative estimate of drug-likeness (QED) is 0.0642. The molecule has 2 aromatic rings. The molecule has 0 atom stereocenters. The van der Waals surface area contributed by atoms with E-state index in [0.717, 1.165) is 38.8 Å². The van der Waals surface area contributed by atoms with Crippen molar-refractivity contribution in [1.29, 1.82) is 0 Å². The van der Waals surface area contributed by atoms with Crippen LogP contribution in [0.15, 0.2) is 96.8 Å². The lowest BCUT2D eigenvalue weighted by atomic mass is 9.73. The van der Waals surface area contributed by atoms with Gasteiger partial charge in [-0.05, 0) is 56.2 Å². The van der Waals surface area contributed by atoms with E-state index in [4.69, 9.17) is 0 Å². The molecular formula is C43H61IN2. The van der Waals surface area contributed by atoms with Gasteiger partial charge in [0, 0.05) is 47.5 Å². The number of allylic oxidation sites excluding steroid dienone is 8. The predicted molar refractivity (Wildman–Crippen MR) is 198 cm³/mol. The van der Waals surface area contributed by atoms with Crippen molar-refractivity contribution in [3.63, 3.8) is 0 Å². The van der Waals surface area contributed by atoms with Gasteiger partial charge in [0.05, 0.1) is 5.41 Å². The average molecular weight is 733 g/mol. The highest BCUT2D eigenvalue weighted by molar-refractivity contribution is 6.03. The molecule has 0 bridgehead atoms. The van der Waals surface area contributed by atoms with Crippen molar-refractivity contribution in [2.24, 2.45) is 0 Å². The third-order valence-electron chi connectivity index (χ3n) is 10.8. The molecule has 0 aliphatic carbocycles. The summed E-state index contributed by atoms with van der Waals surface area (Å²) in [6, 6.07) is 18.3. The summed E-state index contributed by atoms with van der Waals surface area (Å²) in [5.41, 5.74) is 8.97. The van der Waals surface area contributed by atoms with Gasteiger partial charge in [-0.2, -0.15) is 4.58 Å². The van der Waals surface area contributed by atoms with Gasteiger partial charge in [0.25, 0.3) is 0 Å². The summed E-state index contributed by atoms with van der Waals surface area (Å²) in [4.78, 5) is 2.63. The first-order valence-electron chi connectivity index (χ1n) is 18.4. The summed E-state index contributed by atoms with van der Waals surface area (Å²) < 4.78 is 2.63. The summed E-state index contributed by atoms with van der Waals surface area (Å²) in [5, 5.41) is 0. The van der Waals surface area contributed by atoms with Gasteiger partial charge in [-0.1, -0.05) is 140 Å². The predicted octanol–water partition coefficient (Wildman–Crippen LogP) is 9.14. The normalized spacial score (nSPS) is 17.5. The maximum atomic E-state index is 2.63. The van der Waals surface area contributed by atoms with Crippen molar-refractivity contribution in [3.05, 3.63) is 108 Å². The molecule has 0 amide bonds. The standard InChI is InChI=1S/C43H61N2.HI/c1-7-13-15-26-34-44-38-30-24-22-28-36(38)42(9-3,10-4)40(44)32-20-18-17-19-21-33-41-43(11-5,12-6)37-29-23-25-31-39(37)45(41)35-27-16-14-8-2;/h17-25,28-33H,7-16,26-27,34-35H2,1-6H3;1H/q+1;/p-1. The van der Waals surface area contributed by atoms with Crippen molar-refractivity contribution in [2.75, 3.05) is 18.0 Å². The van der Waals surface area contributed by atoms with Crippen LogP contribution in [0.3, 0.4) is 0 Å². The number of nitrogens with zero attached hydrogens (tertiary/aromatic N) is 2. The molecule has 3 heteroatoms. The monoisotopic (exact) mass is 732 g/mol. The first-order chi connectivity index (χ1) is 22.1. The Morgan fingerprint density at radius 1 is 0.609 bits per heavy atom. The molecule has 0 unspecified atom stereocenters. The van der Waals surface area contributed by atoms with Gasteiger partial charge in [0.1, 0.15) is 6.54 Å². The first-order valence-corrected chi connectivity index (χ1v) is 18.4. The number of benzene rings is 2. The van der Waals surface area contributed by atoms with Gasteiger partial charge in [0.2, 0.25) is 5.69 Å². The Hall–Kier alpha value is -2.40. The van der Waals surface area contributed by atoms with Gasteiger partial charge in [-0.15, -0.1) is 0 Å². The molecule has 0 saturated carbocycles. The minimum Gasteiger partial charge on any atom is -1.00 e. The van der Waals surface area contributed by atoms with Crippen LogP contribution in [0.4, 0.5) is 11.4 Å². The first kappa shape index (κ1) is 38.1. The van der Waals surface area contributed by atoms with Gasteiger partial charge in [-0.3, -0.25) is 0 Å². The summed E-state index contributed by atoms with van der Waals surface area (Å²) in [5.74, 6) is 0. The van der Waals surface area contributed by atoms with Crippen LogP contribution in [0.5, 0.6) is 0 Å². The maximum absolute atomic E-state index is 2.63. The molecule has 0 spiro atoms. The highest BCUT2D eigenvalue weighted by Gasteiger charge is 2.48. The number of hydrogen-bond acceptors (Lipinski definition) is 1. The van der Waals surface area contributed by atoms with Crippen molar-refractivity contribution in [1.82, 2.24) is 0 Å². The van der Waals surface area contributed by atoms with E-state index >= 15 is 0 Å². The van der Waals surface area contributed by atoms with Crippen LogP contribution < -0.4 is 28.9 Å². The van der Waals surface area contributed by atoms with Crippen LogP contribution in [-0.2, 0) is 10.8 Å². The Morgan fingerprint density at radius 3 is 1.87 bits per heavy atom. The highest BCUT2D eigenvalue weighted by Crippen LogP contribution is 2.52. The van der Waals surface area contributed by atoms with E-state index in [1.165, 1.54) is 85.3 Å². The van der Waals surface area contributed by atoms with Gasteiger partial charge < -0.3 is 28.9 Å². The van der Waals surface area contributed by atoms with Crippen LogP contribution in [-0.4, -0.2) is 23.4 Å². The molecule has 4 rings (SSSR count). The number of fused-ring (bicyclic) bond motifs is 2. The molecule has 0 aromatic heterocycles. The highest BCUT2D eigenvalue weighted by atomic mass is 127. The van der Waals surface area contributed by atoms with E-state index in [0.29, 0.717) is 0 Å². The maximum Gasteiger partial charge on any atom is 0.209 e. The van der Waals surface area contributed by atoms with E-state index in [1.807, 2.05) is 0 Å².